The number of nitrogens with one attached hydrogen (secondary N) is 1. The van der Waals surface area contributed by atoms with Gasteiger partial charge in [0.1, 0.15) is 0 Å². The van der Waals surface area contributed by atoms with Crippen LogP contribution in [0.2, 0.25) is 0 Å². The largest absolute Gasteiger partial charge is 0.416 e. The molecule has 5 heteroatoms. The Bertz CT molecular complexity index is 769. The van der Waals surface area contributed by atoms with E-state index in [1.54, 1.807) is 6.08 Å². The van der Waals surface area contributed by atoms with Gasteiger partial charge in [0.05, 0.1) is 5.56 Å². The summed E-state index contributed by atoms with van der Waals surface area (Å²) >= 11 is 0. The van der Waals surface area contributed by atoms with E-state index in [1.807, 2.05) is 24.3 Å². The van der Waals surface area contributed by atoms with Gasteiger partial charge in [-0.2, -0.15) is 13.2 Å². The predicted octanol–water partition coefficient (Wildman–Crippen LogP) is 5.65. The maximum Gasteiger partial charge on any atom is 0.416 e. The number of hydrogen-bond donors (Lipinski definition) is 1. The minimum atomic E-state index is -4.44. The molecular weight excluding hydrogens is 327 g/mol. The number of carbonyl (C=O) groups is 1. The summed E-state index contributed by atoms with van der Waals surface area (Å²) in [5, 5.41) is 2.43. The minimum absolute atomic E-state index is 0.0448. The van der Waals surface area contributed by atoms with Crippen molar-refractivity contribution in [1.82, 2.24) is 0 Å². The lowest BCUT2D eigenvalue weighted by atomic mass is 9.87. The third-order valence-electron chi connectivity index (χ3n) is 3.66. The summed E-state index contributed by atoms with van der Waals surface area (Å²) in [6.07, 6.45) is -1.52. The van der Waals surface area contributed by atoms with E-state index in [4.69, 9.17) is 0 Å². The fraction of sp³-hybridized carbons (Fsp3) is 0.250. The third-order valence-corrected chi connectivity index (χ3v) is 3.66. The second-order valence-corrected chi connectivity index (χ2v) is 6.77. The topological polar surface area (TPSA) is 29.1 Å². The molecule has 0 bridgehead atoms. The molecule has 0 aromatic heterocycles. The molecule has 0 radical (unpaired) electrons. The second-order valence-electron chi connectivity index (χ2n) is 6.77. The van der Waals surface area contributed by atoms with Crippen molar-refractivity contribution in [2.45, 2.75) is 32.4 Å². The van der Waals surface area contributed by atoms with E-state index in [0.29, 0.717) is 0 Å². The zero-order chi connectivity index (χ0) is 18.7. The van der Waals surface area contributed by atoms with E-state index in [0.717, 1.165) is 17.7 Å². The number of alkyl halides is 3. The van der Waals surface area contributed by atoms with Crippen LogP contribution < -0.4 is 5.32 Å². The Morgan fingerprint density at radius 2 is 1.60 bits per heavy atom. The highest BCUT2D eigenvalue weighted by atomic mass is 19.4. The Kier molecular flexibility index (Phi) is 5.36. The van der Waals surface area contributed by atoms with E-state index in [-0.39, 0.29) is 11.1 Å². The molecule has 0 fully saturated rings. The average Bonchev–Trinajstić information content (AvgIpc) is 2.52. The number of hydrogen-bond acceptors (Lipinski definition) is 1. The Morgan fingerprint density at radius 3 is 2.16 bits per heavy atom. The first-order chi connectivity index (χ1) is 11.6. The van der Waals surface area contributed by atoms with Gasteiger partial charge in [-0.3, -0.25) is 4.79 Å². The van der Waals surface area contributed by atoms with E-state index < -0.39 is 17.6 Å². The highest BCUT2D eigenvalue weighted by Crippen LogP contribution is 2.30. The molecule has 1 amide bonds. The maximum absolute atomic E-state index is 12.7. The van der Waals surface area contributed by atoms with Crippen molar-refractivity contribution in [2.75, 3.05) is 5.32 Å². The molecule has 0 spiro atoms. The van der Waals surface area contributed by atoms with E-state index >= 15 is 0 Å². The molecule has 0 aliphatic carbocycles. The van der Waals surface area contributed by atoms with E-state index in [2.05, 4.69) is 26.1 Å². The number of rotatable bonds is 3. The molecular formula is C20H20F3NO. The van der Waals surface area contributed by atoms with Crippen molar-refractivity contribution in [3.63, 3.8) is 0 Å². The minimum Gasteiger partial charge on any atom is -0.322 e. The SMILES string of the molecule is CC(C)(C)c1ccc(C=CC(=O)Nc2cccc(C(F)(F)F)c2)cc1. The molecule has 1 N–H and O–H groups in total. The van der Waals surface area contributed by atoms with Crippen LogP contribution >= 0.6 is 0 Å². The second kappa shape index (κ2) is 7.13. The highest BCUT2D eigenvalue weighted by molar-refractivity contribution is 6.01. The van der Waals surface area contributed by atoms with E-state index in [9.17, 15) is 18.0 Å². The van der Waals surface area contributed by atoms with Crippen LogP contribution in [0.15, 0.2) is 54.6 Å². The molecule has 0 saturated carbocycles. The summed E-state index contributed by atoms with van der Waals surface area (Å²) in [4.78, 5) is 11.9. The molecule has 0 unspecified atom stereocenters. The van der Waals surface area contributed by atoms with Crippen LogP contribution in [0.5, 0.6) is 0 Å². The smallest absolute Gasteiger partial charge is 0.322 e. The summed E-state index contributed by atoms with van der Waals surface area (Å²) in [5.74, 6) is -0.487. The first-order valence-corrected chi connectivity index (χ1v) is 7.82. The van der Waals surface area contributed by atoms with E-state index in [1.165, 1.54) is 23.8 Å². The highest BCUT2D eigenvalue weighted by Gasteiger charge is 2.30. The molecule has 0 atom stereocenters. The Labute approximate surface area is 145 Å². The van der Waals surface area contributed by atoms with Crippen LogP contribution in [0.4, 0.5) is 18.9 Å². The maximum atomic E-state index is 12.7. The normalized spacial score (nSPS) is 12.4. The number of anilines is 1. The van der Waals surface area contributed by atoms with Gasteiger partial charge in [0.25, 0.3) is 0 Å². The lowest BCUT2D eigenvalue weighted by Gasteiger charge is -2.18. The molecule has 2 aromatic rings. The first-order valence-electron chi connectivity index (χ1n) is 7.82. The number of halogens is 3. The lowest BCUT2D eigenvalue weighted by molar-refractivity contribution is -0.137. The van der Waals surface area contributed by atoms with Gasteiger partial charge < -0.3 is 5.32 Å². The Balaban J connectivity index is 2.04. The van der Waals surface area contributed by atoms with Gasteiger partial charge in [-0.05, 0) is 40.8 Å². The fourth-order valence-electron chi connectivity index (χ4n) is 2.22. The molecule has 2 nitrogen and oxygen atoms in total. The van der Waals surface area contributed by atoms with Crippen molar-refractivity contribution >= 4 is 17.7 Å². The molecule has 132 valence electrons. The number of benzene rings is 2. The average molecular weight is 347 g/mol. The fourth-order valence-corrected chi connectivity index (χ4v) is 2.22. The van der Waals surface area contributed by atoms with Crippen molar-refractivity contribution in [2.24, 2.45) is 0 Å². The van der Waals surface area contributed by atoms with Gasteiger partial charge in [0.2, 0.25) is 5.91 Å². The van der Waals surface area contributed by atoms with Crippen LogP contribution in [-0.2, 0) is 16.4 Å². The number of amides is 1. The third kappa shape index (κ3) is 5.48. The Morgan fingerprint density at radius 1 is 0.960 bits per heavy atom. The van der Waals surface area contributed by atoms with Gasteiger partial charge in [-0.15, -0.1) is 0 Å². The van der Waals surface area contributed by atoms with Crippen LogP contribution in [0.3, 0.4) is 0 Å². The Hall–Kier alpha value is -2.56. The molecule has 0 aliphatic heterocycles. The zero-order valence-electron chi connectivity index (χ0n) is 14.3. The summed E-state index contributed by atoms with van der Waals surface area (Å²) in [7, 11) is 0. The van der Waals surface area contributed by atoms with Crippen LogP contribution in [-0.4, -0.2) is 5.91 Å². The van der Waals surface area contributed by atoms with Crippen molar-refractivity contribution in [3.8, 4) is 0 Å². The quantitative estimate of drug-likeness (QED) is 0.714. The van der Waals surface area contributed by atoms with Gasteiger partial charge in [0, 0.05) is 11.8 Å². The van der Waals surface area contributed by atoms with Crippen LogP contribution in [0.1, 0.15) is 37.5 Å². The molecule has 2 rings (SSSR count). The first kappa shape index (κ1) is 18.8. The van der Waals surface area contributed by atoms with Gasteiger partial charge in [0.15, 0.2) is 0 Å². The molecule has 25 heavy (non-hydrogen) atoms. The van der Waals surface area contributed by atoms with Gasteiger partial charge in [-0.25, -0.2) is 0 Å². The van der Waals surface area contributed by atoms with Crippen LogP contribution in [0, 0.1) is 0 Å². The predicted molar refractivity (Wildman–Crippen MR) is 94.2 cm³/mol. The number of carbonyl (C=O) groups excluding carboxylic acids is 1. The van der Waals surface area contributed by atoms with Crippen LogP contribution in [0.25, 0.3) is 6.08 Å². The summed E-state index contributed by atoms with van der Waals surface area (Å²) < 4.78 is 38.0. The summed E-state index contributed by atoms with van der Waals surface area (Å²) in [5.41, 5.74) is 1.37. The van der Waals surface area contributed by atoms with Crippen molar-refractivity contribution in [1.29, 1.82) is 0 Å². The molecule has 2 aromatic carbocycles. The zero-order valence-corrected chi connectivity index (χ0v) is 14.3. The monoisotopic (exact) mass is 347 g/mol. The lowest BCUT2D eigenvalue weighted by Crippen LogP contribution is -2.10. The van der Waals surface area contributed by atoms with Crippen molar-refractivity contribution in [3.05, 3.63) is 71.3 Å². The summed E-state index contributed by atoms with van der Waals surface area (Å²) in [6.45, 7) is 6.33. The standard InChI is InChI=1S/C20H20F3NO/c1-19(2,3)15-10-7-14(8-11-15)9-12-18(25)24-17-6-4-5-16(13-17)20(21,22)23/h4-13H,1-3H3,(H,24,25). The summed E-state index contributed by atoms with van der Waals surface area (Å²) in [6, 6.07) is 12.3. The van der Waals surface area contributed by atoms with Gasteiger partial charge >= 0.3 is 6.18 Å². The molecule has 0 heterocycles. The van der Waals surface area contributed by atoms with Gasteiger partial charge in [-0.1, -0.05) is 51.1 Å². The molecule has 0 saturated heterocycles. The van der Waals surface area contributed by atoms with Crippen molar-refractivity contribution < 1.29 is 18.0 Å². The molecule has 0 aliphatic rings.